The average molecular weight is 571 g/mol. The number of nitrogens with one attached hydrogen (secondary N) is 1. The molecule has 0 spiro atoms. The molecule has 0 aliphatic carbocycles. The van der Waals surface area contributed by atoms with Crippen LogP contribution in [0.2, 0.25) is 0 Å². The topological polar surface area (TPSA) is 86.7 Å². The highest BCUT2D eigenvalue weighted by Crippen LogP contribution is 2.46. The van der Waals surface area contributed by atoms with Crippen LogP contribution in [0.5, 0.6) is 0 Å². The quantitative estimate of drug-likeness (QED) is 0.146. The molecule has 6 heteroatoms. The first-order valence-electron chi connectivity index (χ1n) is 14.3. The number of carboxylic acids is 1. The van der Waals surface area contributed by atoms with Gasteiger partial charge in [0.25, 0.3) is 0 Å². The summed E-state index contributed by atoms with van der Waals surface area (Å²) in [5.74, 6) is -1.51. The number of rotatable bonds is 10. The Morgan fingerprint density at radius 2 is 1.33 bits per heavy atom. The first kappa shape index (κ1) is 29.3. The summed E-state index contributed by atoms with van der Waals surface area (Å²) in [6.45, 7) is 6.66. The van der Waals surface area contributed by atoms with Crippen LogP contribution >= 0.6 is 0 Å². The predicted octanol–water partition coefficient (Wildman–Crippen LogP) is 8.73. The minimum atomic E-state index is -1.14. The van der Waals surface area contributed by atoms with Gasteiger partial charge in [-0.05, 0) is 63.9 Å². The number of allylic oxidation sites excluding steroid dienone is 3. The van der Waals surface area contributed by atoms with E-state index in [1.54, 1.807) is 48.5 Å². The van der Waals surface area contributed by atoms with E-state index in [2.05, 4.69) is 38.2 Å². The van der Waals surface area contributed by atoms with E-state index in [0.717, 1.165) is 18.5 Å². The summed E-state index contributed by atoms with van der Waals surface area (Å²) in [7, 11) is 0. The summed E-state index contributed by atoms with van der Waals surface area (Å²) < 4.78 is 0. The number of carbonyl (C=O) groups is 3. The highest BCUT2D eigenvalue weighted by Gasteiger charge is 2.29. The van der Waals surface area contributed by atoms with Crippen LogP contribution in [0, 0.1) is 0 Å². The van der Waals surface area contributed by atoms with Gasteiger partial charge in [-0.3, -0.25) is 9.59 Å². The summed E-state index contributed by atoms with van der Waals surface area (Å²) >= 11 is 0. The van der Waals surface area contributed by atoms with Gasteiger partial charge in [-0.15, -0.1) is 0 Å². The number of carbonyl (C=O) groups excluding carboxylic acids is 2. The lowest BCUT2D eigenvalue weighted by Crippen LogP contribution is -2.25. The maximum absolute atomic E-state index is 13.5. The molecule has 0 saturated heterocycles. The molecule has 2 N–H and O–H groups in total. The van der Waals surface area contributed by atoms with E-state index in [-0.39, 0.29) is 22.7 Å². The molecule has 0 unspecified atom stereocenters. The van der Waals surface area contributed by atoms with Gasteiger partial charge in [0.2, 0.25) is 0 Å². The Morgan fingerprint density at radius 1 is 0.721 bits per heavy atom. The molecule has 6 nitrogen and oxygen atoms in total. The molecule has 0 amide bonds. The van der Waals surface area contributed by atoms with Crippen molar-refractivity contribution in [3.8, 4) is 0 Å². The van der Waals surface area contributed by atoms with Gasteiger partial charge in [-0.1, -0.05) is 84.0 Å². The number of aromatic carboxylic acids is 1. The number of carboxylic acid groups (broad SMARTS) is 1. The molecule has 0 aromatic heterocycles. The Labute approximate surface area is 252 Å². The minimum Gasteiger partial charge on any atom is -0.478 e. The molecule has 0 bridgehead atoms. The Morgan fingerprint density at radius 3 is 1.93 bits per heavy atom. The van der Waals surface area contributed by atoms with Gasteiger partial charge in [0.15, 0.2) is 11.6 Å². The Bertz CT molecular complexity index is 1750. The van der Waals surface area contributed by atoms with Crippen molar-refractivity contribution in [2.75, 3.05) is 16.8 Å². The summed E-state index contributed by atoms with van der Waals surface area (Å²) in [5.41, 5.74) is 6.67. The SMILES string of the molecule is CC(C)=CCC/C(C)=C/CN1c2cc(C(=O)c3ccccc3)ccc2Nc2c(C(=O)O)cc(C(=O)c3ccccc3)cc21. The summed E-state index contributed by atoms with van der Waals surface area (Å²) in [5, 5.41) is 13.5. The molecule has 216 valence electrons. The van der Waals surface area contributed by atoms with E-state index in [1.807, 2.05) is 41.3 Å². The molecular formula is C37H34N2O4. The lowest BCUT2D eigenvalue weighted by atomic mass is 9.95. The standard InChI is InChI=1S/C37H34N2O4/c1-24(2)11-10-12-25(3)19-20-39-32-22-28(35(40)26-13-6-4-7-14-26)17-18-31(32)38-34-30(37(42)43)21-29(23-33(34)39)36(41)27-15-8-5-9-16-27/h4-9,11,13-19,21-23,38H,10,12,20H2,1-3H3,(H,42,43)/b25-19+. The molecule has 4 aromatic carbocycles. The van der Waals surface area contributed by atoms with Crippen molar-refractivity contribution in [3.63, 3.8) is 0 Å². The van der Waals surface area contributed by atoms with E-state index in [4.69, 9.17) is 0 Å². The number of hydrogen-bond donors (Lipinski definition) is 2. The molecule has 0 fully saturated rings. The molecule has 4 aromatic rings. The first-order valence-corrected chi connectivity index (χ1v) is 14.3. The van der Waals surface area contributed by atoms with Crippen LogP contribution < -0.4 is 10.2 Å². The maximum atomic E-state index is 13.5. The van der Waals surface area contributed by atoms with Crippen LogP contribution in [-0.4, -0.2) is 29.2 Å². The molecule has 1 heterocycles. The van der Waals surface area contributed by atoms with E-state index < -0.39 is 5.97 Å². The summed E-state index contributed by atoms with van der Waals surface area (Å²) in [6.07, 6.45) is 6.13. The van der Waals surface area contributed by atoms with Crippen molar-refractivity contribution >= 4 is 40.3 Å². The van der Waals surface area contributed by atoms with Crippen molar-refractivity contribution in [2.45, 2.75) is 33.6 Å². The maximum Gasteiger partial charge on any atom is 0.337 e. The molecule has 43 heavy (non-hydrogen) atoms. The van der Waals surface area contributed by atoms with Gasteiger partial charge in [0, 0.05) is 28.8 Å². The summed E-state index contributed by atoms with van der Waals surface area (Å²) in [4.78, 5) is 41.4. The number of ketones is 2. The van der Waals surface area contributed by atoms with Crippen LogP contribution in [0.1, 0.15) is 75.8 Å². The Hall–Kier alpha value is -5.23. The fraction of sp³-hybridized carbons (Fsp3) is 0.162. The monoisotopic (exact) mass is 570 g/mol. The van der Waals surface area contributed by atoms with Crippen LogP contribution in [0.25, 0.3) is 0 Å². The summed E-state index contributed by atoms with van der Waals surface area (Å²) in [6, 6.07) is 26.5. The third-order valence-electron chi connectivity index (χ3n) is 7.50. The molecule has 0 radical (unpaired) electrons. The molecule has 1 aliphatic rings. The van der Waals surface area contributed by atoms with Crippen molar-refractivity contribution in [3.05, 3.63) is 142 Å². The number of anilines is 4. The van der Waals surface area contributed by atoms with Crippen LogP contribution in [0.15, 0.2) is 114 Å². The minimum absolute atomic E-state index is 0.00105. The first-order chi connectivity index (χ1) is 20.7. The fourth-order valence-electron chi connectivity index (χ4n) is 5.18. The highest BCUT2D eigenvalue weighted by atomic mass is 16.4. The predicted molar refractivity (Wildman–Crippen MR) is 172 cm³/mol. The second kappa shape index (κ2) is 12.7. The lowest BCUT2D eigenvalue weighted by Gasteiger charge is -2.35. The van der Waals surface area contributed by atoms with Crippen molar-refractivity contribution in [2.24, 2.45) is 0 Å². The molecule has 1 aliphatic heterocycles. The van der Waals surface area contributed by atoms with Gasteiger partial charge < -0.3 is 15.3 Å². The van der Waals surface area contributed by atoms with Gasteiger partial charge in [0.1, 0.15) is 0 Å². The normalized spacial score (nSPS) is 12.1. The number of hydrogen-bond acceptors (Lipinski definition) is 5. The third-order valence-corrected chi connectivity index (χ3v) is 7.50. The molecule has 0 atom stereocenters. The Balaban J connectivity index is 1.63. The van der Waals surface area contributed by atoms with Gasteiger partial charge >= 0.3 is 5.97 Å². The number of fused-ring (bicyclic) bond motifs is 2. The van der Waals surface area contributed by atoms with Crippen LogP contribution in [0.4, 0.5) is 22.7 Å². The van der Waals surface area contributed by atoms with Crippen LogP contribution in [0.3, 0.4) is 0 Å². The van der Waals surface area contributed by atoms with Gasteiger partial charge in [0.05, 0.1) is 28.3 Å². The zero-order valence-electron chi connectivity index (χ0n) is 24.6. The zero-order valence-corrected chi connectivity index (χ0v) is 24.6. The lowest BCUT2D eigenvalue weighted by molar-refractivity contribution is 0.0697. The second-order valence-electron chi connectivity index (χ2n) is 11.0. The smallest absolute Gasteiger partial charge is 0.337 e. The van der Waals surface area contributed by atoms with Crippen molar-refractivity contribution < 1.29 is 19.5 Å². The zero-order chi connectivity index (χ0) is 30.5. The largest absolute Gasteiger partial charge is 0.478 e. The van der Waals surface area contributed by atoms with Crippen LogP contribution in [-0.2, 0) is 0 Å². The number of benzene rings is 4. The highest BCUT2D eigenvalue weighted by molar-refractivity contribution is 6.14. The molecule has 5 rings (SSSR count). The molecular weight excluding hydrogens is 536 g/mol. The van der Waals surface area contributed by atoms with E-state index in [1.165, 1.54) is 17.2 Å². The average Bonchev–Trinajstić information content (AvgIpc) is 3.02. The molecule has 0 saturated carbocycles. The van der Waals surface area contributed by atoms with E-state index in [0.29, 0.717) is 40.3 Å². The van der Waals surface area contributed by atoms with Gasteiger partial charge in [-0.2, -0.15) is 0 Å². The van der Waals surface area contributed by atoms with E-state index in [9.17, 15) is 19.5 Å². The Kier molecular flexibility index (Phi) is 8.67. The van der Waals surface area contributed by atoms with E-state index >= 15 is 0 Å². The van der Waals surface area contributed by atoms with Crippen molar-refractivity contribution in [1.82, 2.24) is 0 Å². The van der Waals surface area contributed by atoms with Gasteiger partial charge in [-0.25, -0.2) is 4.79 Å². The fourth-order valence-corrected chi connectivity index (χ4v) is 5.18. The third kappa shape index (κ3) is 6.49. The second-order valence-corrected chi connectivity index (χ2v) is 11.0. The van der Waals surface area contributed by atoms with Crippen molar-refractivity contribution in [1.29, 1.82) is 0 Å². The number of nitrogens with zero attached hydrogens (tertiary/aromatic N) is 1.